The van der Waals surface area contributed by atoms with Gasteiger partial charge in [0.15, 0.2) is 0 Å². The summed E-state index contributed by atoms with van der Waals surface area (Å²) in [6.45, 7) is 3.37. The fraction of sp³-hybridized carbons (Fsp3) is 0.417. The van der Waals surface area contributed by atoms with Crippen LogP contribution in [0.3, 0.4) is 0 Å². The lowest BCUT2D eigenvalue weighted by Crippen LogP contribution is -2.31. The lowest BCUT2D eigenvalue weighted by atomic mass is 10.1. The van der Waals surface area contributed by atoms with Crippen LogP contribution >= 0.6 is 12.4 Å². The Morgan fingerprint density at radius 2 is 2.06 bits per heavy atom. The first-order chi connectivity index (χ1) is 7.50. The number of nitrogens with one attached hydrogen (secondary N) is 1. The largest absolute Gasteiger partial charge is 0.399 e. The first-order valence-electron chi connectivity index (χ1n) is 5.30. The highest BCUT2D eigenvalue weighted by Crippen LogP contribution is 2.12. The molecule has 4 nitrogen and oxygen atoms in total. The van der Waals surface area contributed by atoms with Crippen LogP contribution in [0.4, 0.5) is 5.69 Å². The van der Waals surface area contributed by atoms with Gasteiger partial charge in [0, 0.05) is 24.3 Å². The van der Waals surface area contributed by atoms with Crippen molar-refractivity contribution >= 4 is 24.0 Å². The summed E-state index contributed by atoms with van der Waals surface area (Å²) in [5, 5.41) is 2.86. The van der Waals surface area contributed by atoms with Gasteiger partial charge in [-0.2, -0.15) is 0 Å². The Kier molecular flexibility index (Phi) is 6.61. The van der Waals surface area contributed by atoms with Crippen LogP contribution in [0.25, 0.3) is 0 Å². The highest BCUT2D eigenvalue weighted by Gasteiger charge is 2.08. The minimum atomic E-state index is -0.0633. The molecule has 17 heavy (non-hydrogen) atoms. The number of hydrogen-bond acceptors (Lipinski definition) is 3. The maximum absolute atomic E-state index is 11.8. The van der Waals surface area contributed by atoms with E-state index in [-0.39, 0.29) is 18.3 Å². The molecule has 0 atom stereocenters. The molecule has 0 fully saturated rings. The van der Waals surface area contributed by atoms with Gasteiger partial charge in [-0.05, 0) is 38.7 Å². The number of rotatable bonds is 4. The molecule has 0 spiro atoms. The van der Waals surface area contributed by atoms with Crippen LogP contribution < -0.4 is 11.1 Å². The number of amides is 1. The van der Waals surface area contributed by atoms with Crippen LogP contribution in [0.2, 0.25) is 0 Å². The molecule has 0 aromatic heterocycles. The molecule has 1 rings (SSSR count). The number of nitrogen functional groups attached to an aromatic ring is 1. The average Bonchev–Trinajstić information content (AvgIpc) is 2.21. The van der Waals surface area contributed by atoms with E-state index in [9.17, 15) is 4.79 Å². The number of halogens is 1. The first-order valence-corrected chi connectivity index (χ1v) is 5.30. The second kappa shape index (κ2) is 7.14. The number of anilines is 1. The van der Waals surface area contributed by atoms with Crippen molar-refractivity contribution in [2.75, 3.05) is 32.9 Å². The quantitative estimate of drug-likeness (QED) is 0.800. The number of carbonyl (C=O) groups excluding carboxylic acids is 1. The molecule has 3 N–H and O–H groups in total. The van der Waals surface area contributed by atoms with Crippen molar-refractivity contribution in [1.82, 2.24) is 10.2 Å². The van der Waals surface area contributed by atoms with Gasteiger partial charge >= 0.3 is 0 Å². The lowest BCUT2D eigenvalue weighted by molar-refractivity contribution is 0.0950. The maximum atomic E-state index is 11.8. The molecular formula is C12H20ClN3O. The Morgan fingerprint density at radius 1 is 1.41 bits per heavy atom. The zero-order valence-corrected chi connectivity index (χ0v) is 11.3. The third kappa shape index (κ3) is 5.06. The zero-order chi connectivity index (χ0) is 12.1. The molecular weight excluding hydrogens is 238 g/mol. The van der Waals surface area contributed by atoms with E-state index in [0.29, 0.717) is 17.8 Å². The van der Waals surface area contributed by atoms with Gasteiger partial charge in [-0.25, -0.2) is 0 Å². The van der Waals surface area contributed by atoms with Gasteiger partial charge in [0.25, 0.3) is 5.91 Å². The first kappa shape index (κ1) is 15.7. The Labute approximate surface area is 109 Å². The third-order valence-electron chi connectivity index (χ3n) is 2.35. The minimum absolute atomic E-state index is 0. The molecule has 96 valence electrons. The Hall–Kier alpha value is -1.26. The number of aryl methyl sites for hydroxylation is 1. The van der Waals surface area contributed by atoms with Crippen LogP contribution in [0.15, 0.2) is 18.2 Å². The Balaban J connectivity index is 0.00000256. The molecule has 1 aromatic carbocycles. The molecule has 0 aliphatic rings. The highest BCUT2D eigenvalue weighted by atomic mass is 35.5. The summed E-state index contributed by atoms with van der Waals surface area (Å²) in [6.07, 6.45) is 0. The fourth-order valence-electron chi connectivity index (χ4n) is 1.37. The summed E-state index contributed by atoms with van der Waals surface area (Å²) in [5.41, 5.74) is 7.86. The Morgan fingerprint density at radius 3 is 2.65 bits per heavy atom. The summed E-state index contributed by atoms with van der Waals surface area (Å²) in [6, 6.07) is 5.36. The van der Waals surface area contributed by atoms with E-state index in [1.54, 1.807) is 12.1 Å². The van der Waals surface area contributed by atoms with Crippen LogP contribution in [0.1, 0.15) is 15.9 Å². The summed E-state index contributed by atoms with van der Waals surface area (Å²) >= 11 is 0. The van der Waals surface area contributed by atoms with Crippen LogP contribution in [-0.4, -0.2) is 38.0 Å². The Bertz CT molecular complexity index is 380. The number of benzene rings is 1. The van der Waals surface area contributed by atoms with Crippen molar-refractivity contribution < 1.29 is 4.79 Å². The normalized spacial score (nSPS) is 9.88. The van der Waals surface area contributed by atoms with Gasteiger partial charge in [0.05, 0.1) is 0 Å². The number of nitrogens with two attached hydrogens (primary N) is 1. The molecule has 0 saturated carbocycles. The van der Waals surface area contributed by atoms with Gasteiger partial charge in [-0.15, -0.1) is 12.4 Å². The molecule has 0 aliphatic carbocycles. The molecule has 0 bridgehead atoms. The van der Waals surface area contributed by atoms with Gasteiger partial charge in [0.1, 0.15) is 0 Å². The van der Waals surface area contributed by atoms with Crippen LogP contribution in [0.5, 0.6) is 0 Å². The van der Waals surface area contributed by atoms with E-state index in [2.05, 4.69) is 5.32 Å². The monoisotopic (exact) mass is 257 g/mol. The number of hydrogen-bond donors (Lipinski definition) is 2. The van der Waals surface area contributed by atoms with Gasteiger partial charge in [-0.3, -0.25) is 4.79 Å². The molecule has 0 radical (unpaired) electrons. The molecule has 0 unspecified atom stereocenters. The summed E-state index contributed by atoms with van der Waals surface area (Å²) in [5.74, 6) is -0.0633. The molecule has 5 heteroatoms. The van der Waals surface area contributed by atoms with E-state index in [1.165, 1.54) is 0 Å². The van der Waals surface area contributed by atoms with Gasteiger partial charge in [-0.1, -0.05) is 6.07 Å². The van der Waals surface area contributed by atoms with E-state index in [4.69, 9.17) is 5.73 Å². The number of carbonyl (C=O) groups is 1. The molecule has 1 aromatic rings. The van der Waals surface area contributed by atoms with Crippen molar-refractivity contribution in [3.8, 4) is 0 Å². The predicted octanol–water partition coefficient (Wildman–Crippen LogP) is 1.29. The maximum Gasteiger partial charge on any atom is 0.251 e. The predicted molar refractivity (Wildman–Crippen MR) is 73.7 cm³/mol. The van der Waals surface area contributed by atoms with E-state index >= 15 is 0 Å². The van der Waals surface area contributed by atoms with Crippen molar-refractivity contribution in [2.24, 2.45) is 0 Å². The van der Waals surface area contributed by atoms with Crippen LogP contribution in [0, 0.1) is 6.92 Å². The highest BCUT2D eigenvalue weighted by molar-refractivity contribution is 5.96. The second-order valence-corrected chi connectivity index (χ2v) is 4.13. The summed E-state index contributed by atoms with van der Waals surface area (Å²) in [4.78, 5) is 13.8. The zero-order valence-electron chi connectivity index (χ0n) is 10.5. The van der Waals surface area contributed by atoms with E-state index in [0.717, 1.165) is 12.1 Å². The van der Waals surface area contributed by atoms with Crippen molar-refractivity contribution in [3.05, 3.63) is 29.3 Å². The lowest BCUT2D eigenvalue weighted by Gasteiger charge is -2.11. The molecule has 1 amide bonds. The standard InChI is InChI=1S/C12H19N3O.ClH/c1-9-4-5-10(13)8-11(9)12(16)14-6-7-15(2)3;/h4-5,8H,6-7,13H2,1-3H3,(H,14,16);1H. The van der Waals surface area contributed by atoms with E-state index < -0.39 is 0 Å². The smallest absolute Gasteiger partial charge is 0.251 e. The summed E-state index contributed by atoms with van der Waals surface area (Å²) < 4.78 is 0. The SMILES string of the molecule is Cc1ccc(N)cc1C(=O)NCCN(C)C.Cl. The molecule has 0 heterocycles. The van der Waals surface area contributed by atoms with Crippen molar-refractivity contribution in [2.45, 2.75) is 6.92 Å². The van der Waals surface area contributed by atoms with Crippen LogP contribution in [-0.2, 0) is 0 Å². The topological polar surface area (TPSA) is 58.4 Å². The molecule has 0 saturated heterocycles. The minimum Gasteiger partial charge on any atom is -0.399 e. The second-order valence-electron chi connectivity index (χ2n) is 4.13. The van der Waals surface area contributed by atoms with Gasteiger partial charge in [0.2, 0.25) is 0 Å². The van der Waals surface area contributed by atoms with E-state index in [1.807, 2.05) is 32.0 Å². The molecule has 0 aliphatic heterocycles. The number of nitrogens with zero attached hydrogens (tertiary/aromatic N) is 1. The average molecular weight is 258 g/mol. The number of likely N-dealkylation sites (N-methyl/N-ethyl adjacent to an activating group) is 1. The van der Waals surface area contributed by atoms with Crippen molar-refractivity contribution in [3.63, 3.8) is 0 Å². The fourth-order valence-corrected chi connectivity index (χ4v) is 1.37. The summed E-state index contributed by atoms with van der Waals surface area (Å²) in [7, 11) is 3.94. The van der Waals surface area contributed by atoms with Crippen molar-refractivity contribution in [1.29, 1.82) is 0 Å². The van der Waals surface area contributed by atoms with Gasteiger partial charge < -0.3 is 16.0 Å². The third-order valence-corrected chi connectivity index (χ3v) is 2.35.